The summed E-state index contributed by atoms with van der Waals surface area (Å²) in [6, 6.07) is 1.94. The Labute approximate surface area is 103 Å². The number of aromatic nitrogens is 1. The minimum absolute atomic E-state index is 0.0958. The topological polar surface area (TPSA) is 22.1 Å². The van der Waals surface area contributed by atoms with Gasteiger partial charge in [-0.25, -0.2) is 4.98 Å². The van der Waals surface area contributed by atoms with Crippen molar-refractivity contribution in [1.29, 1.82) is 0 Å². The fraction of sp³-hybridized carbons (Fsp3) is 0.615. The molecule has 1 rings (SSSR count). The van der Waals surface area contributed by atoms with Crippen LogP contribution in [0.1, 0.15) is 40.2 Å². The van der Waals surface area contributed by atoms with E-state index in [1.54, 1.807) is 0 Å². The number of ether oxygens (including phenoxy) is 1. The van der Waals surface area contributed by atoms with Crippen LogP contribution in [0.4, 0.5) is 0 Å². The average Bonchev–Trinajstić information content (AvgIpc) is 2.06. The molecular formula is C13H20ClNO. The van der Waals surface area contributed by atoms with Gasteiger partial charge in [-0.2, -0.15) is 0 Å². The molecule has 0 saturated heterocycles. The van der Waals surface area contributed by atoms with Crippen LogP contribution in [0.25, 0.3) is 0 Å². The van der Waals surface area contributed by atoms with Gasteiger partial charge in [0.1, 0.15) is 5.02 Å². The van der Waals surface area contributed by atoms with Crippen molar-refractivity contribution in [2.45, 2.75) is 47.1 Å². The molecule has 0 aliphatic rings. The van der Waals surface area contributed by atoms with Crippen molar-refractivity contribution in [3.8, 4) is 5.88 Å². The highest BCUT2D eigenvalue weighted by Crippen LogP contribution is 2.27. The molecule has 0 bridgehead atoms. The highest BCUT2D eigenvalue weighted by atomic mass is 35.5. The Morgan fingerprint density at radius 1 is 1.38 bits per heavy atom. The minimum atomic E-state index is 0.0958. The number of halogens is 1. The summed E-state index contributed by atoms with van der Waals surface area (Å²) in [7, 11) is 0. The SMILES string of the molecule is CC(C)Oc1ncc(CC(C)(C)C)cc1Cl. The first-order valence-corrected chi connectivity index (χ1v) is 5.97. The summed E-state index contributed by atoms with van der Waals surface area (Å²) < 4.78 is 5.49. The molecule has 90 valence electrons. The average molecular weight is 242 g/mol. The van der Waals surface area contributed by atoms with E-state index >= 15 is 0 Å². The Bertz CT molecular complexity index is 355. The quantitative estimate of drug-likeness (QED) is 0.795. The van der Waals surface area contributed by atoms with E-state index < -0.39 is 0 Å². The van der Waals surface area contributed by atoms with Gasteiger partial charge in [0.2, 0.25) is 5.88 Å². The number of hydrogen-bond acceptors (Lipinski definition) is 2. The lowest BCUT2D eigenvalue weighted by Crippen LogP contribution is -2.11. The van der Waals surface area contributed by atoms with E-state index in [2.05, 4.69) is 25.8 Å². The molecule has 1 aromatic rings. The lowest BCUT2D eigenvalue weighted by atomic mass is 9.89. The molecule has 0 aromatic carbocycles. The molecule has 2 nitrogen and oxygen atoms in total. The van der Waals surface area contributed by atoms with Gasteiger partial charge in [-0.15, -0.1) is 0 Å². The van der Waals surface area contributed by atoms with Crippen LogP contribution in [0.15, 0.2) is 12.3 Å². The fourth-order valence-electron chi connectivity index (χ4n) is 1.48. The van der Waals surface area contributed by atoms with Crippen molar-refractivity contribution >= 4 is 11.6 Å². The molecule has 0 atom stereocenters. The molecule has 0 unspecified atom stereocenters. The molecule has 16 heavy (non-hydrogen) atoms. The Morgan fingerprint density at radius 3 is 2.44 bits per heavy atom. The highest BCUT2D eigenvalue weighted by Gasteiger charge is 2.13. The summed E-state index contributed by atoms with van der Waals surface area (Å²) in [6.07, 6.45) is 2.90. The largest absolute Gasteiger partial charge is 0.474 e. The summed E-state index contributed by atoms with van der Waals surface area (Å²) in [5, 5.41) is 0.593. The van der Waals surface area contributed by atoms with Crippen molar-refractivity contribution in [2.24, 2.45) is 5.41 Å². The smallest absolute Gasteiger partial charge is 0.232 e. The second kappa shape index (κ2) is 5.05. The van der Waals surface area contributed by atoms with Crippen LogP contribution >= 0.6 is 11.6 Å². The number of nitrogens with zero attached hydrogens (tertiary/aromatic N) is 1. The van der Waals surface area contributed by atoms with Crippen molar-refractivity contribution in [3.05, 3.63) is 22.8 Å². The van der Waals surface area contributed by atoms with Gasteiger partial charge in [-0.3, -0.25) is 0 Å². The van der Waals surface area contributed by atoms with Crippen LogP contribution in [-0.4, -0.2) is 11.1 Å². The first kappa shape index (κ1) is 13.3. The Hall–Kier alpha value is -0.760. The van der Waals surface area contributed by atoms with Gasteiger partial charge in [0.15, 0.2) is 0 Å². The number of rotatable bonds is 3. The van der Waals surface area contributed by atoms with E-state index in [1.165, 1.54) is 0 Å². The summed E-state index contributed by atoms with van der Waals surface area (Å²) in [5.41, 5.74) is 1.39. The normalized spacial score (nSPS) is 11.9. The van der Waals surface area contributed by atoms with Crippen LogP contribution < -0.4 is 4.74 Å². The molecule has 0 aliphatic carbocycles. The second-order valence-corrected chi connectivity index (χ2v) is 5.94. The number of hydrogen-bond donors (Lipinski definition) is 0. The zero-order valence-corrected chi connectivity index (χ0v) is 11.4. The maximum Gasteiger partial charge on any atom is 0.232 e. The first-order valence-electron chi connectivity index (χ1n) is 5.59. The molecule has 0 radical (unpaired) electrons. The third kappa shape index (κ3) is 4.40. The van der Waals surface area contributed by atoms with Crippen LogP contribution in [-0.2, 0) is 6.42 Å². The molecule has 3 heteroatoms. The monoisotopic (exact) mass is 241 g/mol. The van der Waals surface area contributed by atoms with Crippen molar-refractivity contribution in [3.63, 3.8) is 0 Å². The highest BCUT2D eigenvalue weighted by molar-refractivity contribution is 6.31. The molecular weight excluding hydrogens is 222 g/mol. The molecule has 1 aromatic heterocycles. The van der Waals surface area contributed by atoms with Gasteiger partial charge in [0.25, 0.3) is 0 Å². The zero-order valence-electron chi connectivity index (χ0n) is 10.7. The molecule has 1 heterocycles. The van der Waals surface area contributed by atoms with Crippen LogP contribution in [0.3, 0.4) is 0 Å². The van der Waals surface area contributed by atoms with E-state index in [-0.39, 0.29) is 11.5 Å². The standard InChI is InChI=1S/C13H20ClNO/c1-9(2)16-12-11(14)6-10(8-15-12)7-13(3,4)5/h6,8-9H,7H2,1-5H3. The molecule has 0 aliphatic heterocycles. The minimum Gasteiger partial charge on any atom is -0.474 e. The Balaban J connectivity index is 2.83. The maximum atomic E-state index is 6.11. The maximum absolute atomic E-state index is 6.11. The molecule has 0 amide bonds. The van der Waals surface area contributed by atoms with E-state index in [1.807, 2.05) is 26.1 Å². The van der Waals surface area contributed by atoms with E-state index in [0.29, 0.717) is 10.9 Å². The third-order valence-corrected chi connectivity index (χ3v) is 2.22. The fourth-order valence-corrected chi connectivity index (χ4v) is 1.72. The van der Waals surface area contributed by atoms with E-state index in [0.717, 1.165) is 12.0 Å². The zero-order chi connectivity index (χ0) is 12.3. The molecule has 0 saturated carbocycles. The molecule has 0 spiro atoms. The Kier molecular flexibility index (Phi) is 4.20. The predicted molar refractivity (Wildman–Crippen MR) is 68.2 cm³/mol. The summed E-state index contributed by atoms with van der Waals surface area (Å²) in [4.78, 5) is 4.25. The van der Waals surface area contributed by atoms with Gasteiger partial charge in [0, 0.05) is 6.20 Å². The van der Waals surface area contributed by atoms with Gasteiger partial charge in [-0.05, 0) is 37.3 Å². The van der Waals surface area contributed by atoms with Crippen LogP contribution in [0, 0.1) is 5.41 Å². The van der Waals surface area contributed by atoms with Gasteiger partial charge in [0.05, 0.1) is 6.10 Å². The Morgan fingerprint density at radius 2 is 2.00 bits per heavy atom. The van der Waals surface area contributed by atoms with Gasteiger partial charge in [-0.1, -0.05) is 32.4 Å². The molecule has 0 N–H and O–H groups in total. The lowest BCUT2D eigenvalue weighted by Gasteiger charge is -2.18. The van der Waals surface area contributed by atoms with Crippen LogP contribution in [0.5, 0.6) is 5.88 Å². The first-order chi connectivity index (χ1) is 7.28. The predicted octanol–water partition coefficient (Wildman–Crippen LogP) is 4.11. The van der Waals surface area contributed by atoms with Crippen LogP contribution in [0.2, 0.25) is 5.02 Å². The summed E-state index contributed by atoms with van der Waals surface area (Å²) in [5.74, 6) is 0.523. The third-order valence-electron chi connectivity index (χ3n) is 1.95. The molecule has 0 fully saturated rings. The second-order valence-electron chi connectivity index (χ2n) is 5.53. The van der Waals surface area contributed by atoms with Crippen molar-refractivity contribution in [1.82, 2.24) is 4.98 Å². The van der Waals surface area contributed by atoms with Crippen molar-refractivity contribution < 1.29 is 4.74 Å². The van der Waals surface area contributed by atoms with E-state index in [9.17, 15) is 0 Å². The summed E-state index contributed by atoms with van der Waals surface area (Å²) >= 11 is 6.11. The lowest BCUT2D eigenvalue weighted by molar-refractivity contribution is 0.232. The van der Waals surface area contributed by atoms with Crippen molar-refractivity contribution in [2.75, 3.05) is 0 Å². The van der Waals surface area contributed by atoms with E-state index in [4.69, 9.17) is 16.3 Å². The summed E-state index contributed by atoms with van der Waals surface area (Å²) in [6.45, 7) is 10.5. The van der Waals surface area contributed by atoms with Gasteiger partial charge < -0.3 is 4.74 Å². The van der Waals surface area contributed by atoms with Gasteiger partial charge >= 0.3 is 0 Å². The number of pyridine rings is 1.